The summed E-state index contributed by atoms with van der Waals surface area (Å²) in [6, 6.07) is 9.94. The molecule has 1 N–H and O–H groups in total. The van der Waals surface area contributed by atoms with Crippen LogP contribution in [0, 0.1) is 5.92 Å². The van der Waals surface area contributed by atoms with Crippen LogP contribution in [0.3, 0.4) is 0 Å². The second-order valence-corrected chi connectivity index (χ2v) is 6.39. The zero-order valence-corrected chi connectivity index (χ0v) is 13.8. The summed E-state index contributed by atoms with van der Waals surface area (Å²) in [5.74, 6) is 0.684. The molecular weight excluding hydrogens is 288 g/mol. The number of carbonyl (C=O) groups excluding carboxylic acids is 1. The first-order valence-corrected chi connectivity index (χ1v) is 8.25. The second-order valence-electron chi connectivity index (χ2n) is 6.39. The van der Waals surface area contributed by atoms with E-state index in [2.05, 4.69) is 16.5 Å². The van der Waals surface area contributed by atoms with E-state index in [1.807, 2.05) is 49.1 Å². The van der Waals surface area contributed by atoms with E-state index in [0.717, 1.165) is 17.8 Å². The monoisotopic (exact) mass is 312 g/mol. The maximum Gasteiger partial charge on any atom is 0.317 e. The van der Waals surface area contributed by atoms with Crippen LogP contribution in [0.25, 0.3) is 5.69 Å². The Labute approximate surface area is 137 Å². The maximum absolute atomic E-state index is 12.3. The summed E-state index contributed by atoms with van der Waals surface area (Å²) in [6.45, 7) is 2.86. The Balaban J connectivity index is 1.62. The Morgan fingerprint density at radius 2 is 2.26 bits per heavy atom. The van der Waals surface area contributed by atoms with Crippen molar-refractivity contribution in [3.63, 3.8) is 0 Å². The first kappa shape index (κ1) is 15.6. The van der Waals surface area contributed by atoms with E-state index in [0.29, 0.717) is 5.92 Å². The number of hydrogen-bond acceptors (Lipinski definition) is 2. The van der Waals surface area contributed by atoms with Gasteiger partial charge >= 0.3 is 6.03 Å². The molecule has 0 bridgehead atoms. The van der Waals surface area contributed by atoms with Crippen LogP contribution in [0.5, 0.6) is 0 Å². The number of hydrogen-bond donors (Lipinski definition) is 1. The molecule has 0 saturated heterocycles. The molecule has 5 nitrogen and oxygen atoms in total. The van der Waals surface area contributed by atoms with Crippen LogP contribution in [0.4, 0.5) is 4.79 Å². The van der Waals surface area contributed by atoms with Gasteiger partial charge in [-0.3, -0.25) is 0 Å². The summed E-state index contributed by atoms with van der Waals surface area (Å²) < 4.78 is 1.82. The third-order valence-corrected chi connectivity index (χ3v) is 4.58. The molecule has 0 aliphatic heterocycles. The first-order valence-electron chi connectivity index (χ1n) is 8.25. The van der Waals surface area contributed by atoms with Crippen molar-refractivity contribution in [1.82, 2.24) is 20.0 Å². The van der Waals surface area contributed by atoms with Gasteiger partial charge in [-0.1, -0.05) is 18.6 Å². The van der Waals surface area contributed by atoms with Gasteiger partial charge in [0, 0.05) is 26.0 Å². The average Bonchev–Trinajstić information content (AvgIpc) is 3.05. The standard InChI is InChI=1S/C18H24N4O/c1-14(20-18(23)21(2)13-15-6-3-7-15)16-8-4-9-17(12-16)22-11-5-10-19-22/h4-5,8-12,14-15H,3,6-7,13H2,1-2H3,(H,20,23)/t14-/m1/s1. The summed E-state index contributed by atoms with van der Waals surface area (Å²) >= 11 is 0. The average molecular weight is 312 g/mol. The van der Waals surface area contributed by atoms with Crippen LogP contribution >= 0.6 is 0 Å². The maximum atomic E-state index is 12.3. The predicted octanol–water partition coefficient (Wildman–Crippen LogP) is 3.37. The van der Waals surface area contributed by atoms with E-state index >= 15 is 0 Å². The smallest absolute Gasteiger partial charge is 0.317 e. The number of nitrogens with one attached hydrogen (secondary N) is 1. The highest BCUT2D eigenvalue weighted by atomic mass is 16.2. The van der Waals surface area contributed by atoms with Gasteiger partial charge in [-0.15, -0.1) is 0 Å². The molecule has 1 atom stereocenters. The minimum atomic E-state index is -0.0400. The highest BCUT2D eigenvalue weighted by Gasteiger charge is 2.22. The van der Waals surface area contributed by atoms with Gasteiger partial charge in [0.2, 0.25) is 0 Å². The predicted molar refractivity (Wildman–Crippen MR) is 90.5 cm³/mol. The number of aromatic nitrogens is 2. The van der Waals surface area contributed by atoms with Gasteiger partial charge in [-0.05, 0) is 49.4 Å². The van der Waals surface area contributed by atoms with Crippen molar-refractivity contribution in [2.45, 2.75) is 32.2 Å². The highest BCUT2D eigenvalue weighted by Crippen LogP contribution is 2.26. The van der Waals surface area contributed by atoms with Gasteiger partial charge in [0.25, 0.3) is 0 Å². The quantitative estimate of drug-likeness (QED) is 0.920. The van der Waals surface area contributed by atoms with E-state index in [-0.39, 0.29) is 12.1 Å². The van der Waals surface area contributed by atoms with E-state index in [1.165, 1.54) is 19.3 Å². The van der Waals surface area contributed by atoms with Crippen molar-refractivity contribution >= 4 is 6.03 Å². The molecule has 2 amide bonds. The minimum absolute atomic E-state index is 0.00566. The van der Waals surface area contributed by atoms with Crippen molar-refractivity contribution in [1.29, 1.82) is 0 Å². The van der Waals surface area contributed by atoms with Crippen molar-refractivity contribution in [3.05, 3.63) is 48.3 Å². The van der Waals surface area contributed by atoms with E-state index < -0.39 is 0 Å². The van der Waals surface area contributed by atoms with Crippen molar-refractivity contribution in [3.8, 4) is 5.69 Å². The summed E-state index contributed by atoms with van der Waals surface area (Å²) in [5.41, 5.74) is 2.07. The molecule has 1 aliphatic carbocycles. The van der Waals surface area contributed by atoms with Gasteiger partial charge in [0.15, 0.2) is 0 Å². The summed E-state index contributed by atoms with van der Waals surface area (Å²) in [4.78, 5) is 14.1. The lowest BCUT2D eigenvalue weighted by Crippen LogP contribution is -2.42. The van der Waals surface area contributed by atoms with Gasteiger partial charge in [0.05, 0.1) is 11.7 Å². The summed E-state index contributed by atoms with van der Waals surface area (Å²) in [7, 11) is 1.88. The molecule has 23 heavy (non-hydrogen) atoms. The van der Waals surface area contributed by atoms with Crippen LogP contribution in [0.2, 0.25) is 0 Å². The Hall–Kier alpha value is -2.30. The normalized spacial score (nSPS) is 15.7. The van der Waals surface area contributed by atoms with Gasteiger partial charge in [0.1, 0.15) is 0 Å². The highest BCUT2D eigenvalue weighted by molar-refractivity contribution is 5.74. The Morgan fingerprint density at radius 3 is 2.91 bits per heavy atom. The lowest BCUT2D eigenvalue weighted by molar-refractivity contribution is 0.180. The topological polar surface area (TPSA) is 50.2 Å². The molecule has 0 unspecified atom stereocenters. The fourth-order valence-electron chi connectivity index (χ4n) is 2.88. The van der Waals surface area contributed by atoms with E-state index in [4.69, 9.17) is 0 Å². The zero-order chi connectivity index (χ0) is 16.2. The van der Waals surface area contributed by atoms with Crippen molar-refractivity contribution < 1.29 is 4.79 Å². The van der Waals surface area contributed by atoms with E-state index in [1.54, 1.807) is 11.1 Å². The molecule has 1 fully saturated rings. The third-order valence-electron chi connectivity index (χ3n) is 4.58. The Bertz CT molecular complexity index is 649. The molecule has 1 aromatic heterocycles. The molecule has 2 aromatic rings. The number of urea groups is 1. The van der Waals surface area contributed by atoms with Gasteiger partial charge in [-0.25, -0.2) is 9.48 Å². The third kappa shape index (κ3) is 3.73. The Morgan fingerprint density at radius 1 is 1.43 bits per heavy atom. The lowest BCUT2D eigenvalue weighted by Gasteiger charge is -2.31. The van der Waals surface area contributed by atoms with Crippen LogP contribution < -0.4 is 5.32 Å². The zero-order valence-electron chi connectivity index (χ0n) is 13.8. The second kappa shape index (κ2) is 6.86. The SMILES string of the molecule is C[C@@H](NC(=O)N(C)CC1CCC1)c1cccc(-n2cccn2)c1. The minimum Gasteiger partial charge on any atom is -0.331 e. The molecule has 122 valence electrons. The number of amides is 2. The number of rotatable bonds is 5. The molecule has 3 rings (SSSR count). The van der Waals surface area contributed by atoms with Crippen LogP contribution in [0.15, 0.2) is 42.7 Å². The van der Waals surface area contributed by atoms with Crippen LogP contribution in [-0.4, -0.2) is 34.3 Å². The molecular formula is C18H24N4O. The number of carbonyl (C=O) groups is 1. The van der Waals surface area contributed by atoms with Gasteiger partial charge in [-0.2, -0.15) is 5.10 Å². The lowest BCUT2D eigenvalue weighted by atomic mass is 9.85. The van der Waals surface area contributed by atoms with Crippen LogP contribution in [0.1, 0.15) is 37.8 Å². The molecule has 1 aliphatic rings. The van der Waals surface area contributed by atoms with Gasteiger partial charge < -0.3 is 10.2 Å². The van der Waals surface area contributed by atoms with Crippen molar-refractivity contribution in [2.75, 3.05) is 13.6 Å². The first-order chi connectivity index (χ1) is 11.1. The molecule has 1 aromatic carbocycles. The molecule has 1 heterocycles. The van der Waals surface area contributed by atoms with Crippen molar-refractivity contribution in [2.24, 2.45) is 5.92 Å². The molecule has 0 radical (unpaired) electrons. The summed E-state index contributed by atoms with van der Waals surface area (Å²) in [6.07, 6.45) is 7.47. The molecule has 5 heteroatoms. The fraction of sp³-hybridized carbons (Fsp3) is 0.444. The number of nitrogens with zero attached hydrogens (tertiary/aromatic N) is 3. The molecule has 0 spiro atoms. The largest absolute Gasteiger partial charge is 0.331 e. The number of benzene rings is 1. The van der Waals surface area contributed by atoms with Crippen LogP contribution in [-0.2, 0) is 0 Å². The summed E-state index contributed by atoms with van der Waals surface area (Å²) in [5, 5.41) is 7.32. The fourth-order valence-corrected chi connectivity index (χ4v) is 2.88. The molecule has 1 saturated carbocycles. The Kier molecular flexibility index (Phi) is 4.65. The van der Waals surface area contributed by atoms with E-state index in [9.17, 15) is 4.79 Å².